The maximum atomic E-state index is 12.8. The fraction of sp³-hybridized carbons (Fsp3) is 0.355. The molecule has 3 aromatic carbocycles. The van der Waals surface area contributed by atoms with Gasteiger partial charge < -0.3 is 15.0 Å². The smallest absolute Gasteiger partial charge is 0.234 e. The zero-order valence-electron chi connectivity index (χ0n) is 24.5. The molecule has 11 heteroatoms. The minimum Gasteiger partial charge on any atom is -0.492 e. The molecule has 8 nitrogen and oxygen atoms in total. The number of amides is 1. The first kappa shape index (κ1) is 31.8. The molecule has 0 bridgehead atoms. The van der Waals surface area contributed by atoms with Gasteiger partial charge in [-0.15, -0.1) is 5.10 Å². The average Bonchev–Trinajstić information content (AvgIpc) is 3.43. The molecule has 0 aliphatic heterocycles. The second-order valence-corrected chi connectivity index (χ2v) is 12.5. The number of carbonyl (C=O) groups is 1. The number of thioether (sulfide) groups is 1. The summed E-state index contributed by atoms with van der Waals surface area (Å²) in [4.78, 5) is 15.1. The highest BCUT2D eigenvalue weighted by Crippen LogP contribution is 2.32. The molecule has 0 fully saturated rings. The number of benzene rings is 3. The molecule has 4 rings (SSSR count). The standard InChI is InChI=1S/C31H36Cl2N6O2S/c1-6-38(7-2)16-17-41-24-12-8-21(9-13-24)22-10-14-27(25(32)18-22)34-29(40)20-42-30-35-36-37-39(30)28-15-11-23(19-26(28)33)31(3,4)5/h8-15,18-19H,6-7,16-17,20H2,1-5H3,(H,34,40). The lowest BCUT2D eigenvalue weighted by molar-refractivity contribution is -0.113. The highest BCUT2D eigenvalue weighted by molar-refractivity contribution is 7.99. The Bertz CT molecular complexity index is 1500. The van der Waals surface area contributed by atoms with Gasteiger partial charge in [0.15, 0.2) is 0 Å². The van der Waals surface area contributed by atoms with E-state index >= 15 is 0 Å². The molecule has 0 unspecified atom stereocenters. The molecule has 0 saturated carbocycles. The molecule has 0 spiro atoms. The molecule has 0 aliphatic carbocycles. The van der Waals surface area contributed by atoms with Gasteiger partial charge in [0, 0.05) is 6.54 Å². The lowest BCUT2D eigenvalue weighted by Crippen LogP contribution is -2.27. The first-order valence-corrected chi connectivity index (χ1v) is 15.6. The monoisotopic (exact) mass is 626 g/mol. The van der Waals surface area contributed by atoms with E-state index in [9.17, 15) is 4.79 Å². The summed E-state index contributed by atoms with van der Waals surface area (Å²) >= 11 is 14.3. The van der Waals surface area contributed by atoms with Crippen molar-refractivity contribution >= 4 is 46.6 Å². The third kappa shape index (κ3) is 8.25. The van der Waals surface area contributed by atoms with E-state index in [0.717, 1.165) is 42.1 Å². The van der Waals surface area contributed by atoms with Crippen LogP contribution < -0.4 is 10.1 Å². The van der Waals surface area contributed by atoms with Crippen LogP contribution in [-0.2, 0) is 10.2 Å². The molecule has 1 N–H and O–H groups in total. The van der Waals surface area contributed by atoms with Crippen molar-refractivity contribution < 1.29 is 9.53 Å². The first-order chi connectivity index (χ1) is 20.1. The average molecular weight is 628 g/mol. The van der Waals surface area contributed by atoms with Gasteiger partial charge in [-0.25, -0.2) is 0 Å². The molecule has 0 aliphatic rings. The maximum Gasteiger partial charge on any atom is 0.234 e. The van der Waals surface area contributed by atoms with E-state index in [-0.39, 0.29) is 17.1 Å². The first-order valence-electron chi connectivity index (χ1n) is 13.9. The zero-order valence-corrected chi connectivity index (χ0v) is 26.9. The highest BCUT2D eigenvalue weighted by atomic mass is 35.5. The topological polar surface area (TPSA) is 85.2 Å². The van der Waals surface area contributed by atoms with E-state index in [4.69, 9.17) is 27.9 Å². The third-order valence-corrected chi connectivity index (χ3v) is 8.35. The van der Waals surface area contributed by atoms with E-state index in [0.29, 0.717) is 33.2 Å². The van der Waals surface area contributed by atoms with Crippen LogP contribution in [0.3, 0.4) is 0 Å². The Labute approximate surface area is 261 Å². The van der Waals surface area contributed by atoms with Gasteiger partial charge in [-0.1, -0.05) is 93.8 Å². The van der Waals surface area contributed by atoms with Crippen LogP contribution in [0.4, 0.5) is 5.69 Å². The lowest BCUT2D eigenvalue weighted by atomic mass is 9.87. The summed E-state index contributed by atoms with van der Waals surface area (Å²) < 4.78 is 7.42. The molecule has 1 heterocycles. The number of anilines is 1. The number of tetrazole rings is 1. The van der Waals surface area contributed by atoms with Gasteiger partial charge in [0.1, 0.15) is 12.4 Å². The van der Waals surface area contributed by atoms with E-state index < -0.39 is 0 Å². The molecule has 0 radical (unpaired) electrons. The minimum absolute atomic E-state index is 0.0392. The molecule has 1 amide bonds. The van der Waals surface area contributed by atoms with Crippen LogP contribution in [-0.4, -0.2) is 63.0 Å². The van der Waals surface area contributed by atoms with Gasteiger partial charge in [-0.3, -0.25) is 4.79 Å². The van der Waals surface area contributed by atoms with Crippen LogP contribution in [0.1, 0.15) is 40.2 Å². The second-order valence-electron chi connectivity index (χ2n) is 10.7. The number of ether oxygens (including phenoxy) is 1. The fourth-order valence-electron chi connectivity index (χ4n) is 4.25. The summed E-state index contributed by atoms with van der Waals surface area (Å²) in [5.74, 6) is 0.685. The predicted octanol–water partition coefficient (Wildman–Crippen LogP) is 7.39. The summed E-state index contributed by atoms with van der Waals surface area (Å²) in [5.41, 5.74) is 4.19. The quantitative estimate of drug-likeness (QED) is 0.164. The second kappa shape index (κ2) is 14.4. The van der Waals surface area contributed by atoms with Gasteiger partial charge >= 0.3 is 0 Å². The van der Waals surface area contributed by atoms with E-state index in [1.165, 1.54) is 16.4 Å². The molecule has 1 aromatic heterocycles. The SMILES string of the molecule is CCN(CC)CCOc1ccc(-c2ccc(NC(=O)CSc3nnnn3-c3ccc(C(C)(C)C)cc3Cl)c(Cl)c2)cc1. The Morgan fingerprint density at radius 2 is 1.69 bits per heavy atom. The zero-order chi connectivity index (χ0) is 30.3. The number of halogens is 2. The number of hydrogen-bond donors (Lipinski definition) is 1. The summed E-state index contributed by atoms with van der Waals surface area (Å²) in [6.45, 7) is 14.2. The Morgan fingerprint density at radius 1 is 0.976 bits per heavy atom. The number of nitrogens with zero attached hydrogens (tertiary/aromatic N) is 5. The maximum absolute atomic E-state index is 12.8. The van der Waals surface area contributed by atoms with E-state index in [1.807, 2.05) is 54.6 Å². The van der Waals surface area contributed by atoms with Crippen molar-refractivity contribution in [2.75, 3.05) is 37.3 Å². The van der Waals surface area contributed by atoms with Crippen molar-refractivity contribution in [3.8, 4) is 22.6 Å². The van der Waals surface area contributed by atoms with Crippen LogP contribution in [0.25, 0.3) is 16.8 Å². The van der Waals surface area contributed by atoms with Crippen molar-refractivity contribution in [2.45, 2.75) is 45.2 Å². The van der Waals surface area contributed by atoms with Crippen molar-refractivity contribution in [3.63, 3.8) is 0 Å². The molecule has 222 valence electrons. The summed E-state index contributed by atoms with van der Waals surface area (Å²) in [6, 6.07) is 19.3. The predicted molar refractivity (Wildman–Crippen MR) is 172 cm³/mol. The Hall–Kier alpha value is -3.11. The van der Waals surface area contributed by atoms with E-state index in [1.54, 1.807) is 6.07 Å². The molecular formula is C31H36Cl2N6O2S. The van der Waals surface area contributed by atoms with Crippen molar-refractivity contribution in [1.29, 1.82) is 0 Å². The minimum atomic E-state index is -0.232. The number of aromatic nitrogens is 4. The molecular weight excluding hydrogens is 591 g/mol. The molecule has 0 saturated heterocycles. The number of likely N-dealkylation sites (N-methyl/N-ethyl adjacent to an activating group) is 1. The van der Waals surface area contributed by atoms with Gasteiger partial charge in [0.2, 0.25) is 11.1 Å². The van der Waals surface area contributed by atoms with E-state index in [2.05, 4.69) is 60.4 Å². The number of hydrogen-bond acceptors (Lipinski definition) is 7. The van der Waals surface area contributed by atoms with Gasteiger partial charge in [0.05, 0.1) is 27.2 Å². The number of rotatable bonds is 12. The molecule has 42 heavy (non-hydrogen) atoms. The van der Waals surface area contributed by atoms with Crippen LogP contribution >= 0.6 is 35.0 Å². The van der Waals surface area contributed by atoms with Crippen molar-refractivity contribution in [3.05, 3.63) is 76.3 Å². The molecule has 0 atom stereocenters. The largest absolute Gasteiger partial charge is 0.492 e. The fourth-order valence-corrected chi connectivity index (χ4v) is 5.43. The normalized spacial score (nSPS) is 11.6. The van der Waals surface area contributed by atoms with Gasteiger partial charge in [-0.2, -0.15) is 4.68 Å². The van der Waals surface area contributed by atoms with Crippen LogP contribution in [0, 0.1) is 0 Å². The summed E-state index contributed by atoms with van der Waals surface area (Å²) in [5, 5.41) is 16.2. The van der Waals surface area contributed by atoms with Crippen molar-refractivity contribution in [2.24, 2.45) is 0 Å². The van der Waals surface area contributed by atoms with Gasteiger partial charge in [0.25, 0.3) is 0 Å². The summed E-state index contributed by atoms with van der Waals surface area (Å²) in [6.07, 6.45) is 0. The van der Waals surface area contributed by atoms with Crippen LogP contribution in [0.15, 0.2) is 65.8 Å². The highest BCUT2D eigenvalue weighted by Gasteiger charge is 2.19. The number of nitrogens with one attached hydrogen (secondary N) is 1. The lowest BCUT2D eigenvalue weighted by Gasteiger charge is -2.20. The third-order valence-electron chi connectivity index (χ3n) is 6.82. The van der Waals surface area contributed by atoms with Crippen LogP contribution in [0.5, 0.6) is 5.75 Å². The van der Waals surface area contributed by atoms with Crippen molar-refractivity contribution in [1.82, 2.24) is 25.1 Å². The Kier molecular flexibility index (Phi) is 10.9. The molecule has 4 aromatic rings. The van der Waals surface area contributed by atoms with Gasteiger partial charge in [-0.05, 0) is 82.0 Å². The summed E-state index contributed by atoms with van der Waals surface area (Å²) in [7, 11) is 0. The number of carbonyl (C=O) groups excluding carboxylic acids is 1. The Morgan fingerprint density at radius 3 is 2.33 bits per heavy atom. The Balaban J connectivity index is 1.34. The van der Waals surface area contributed by atoms with Crippen LogP contribution in [0.2, 0.25) is 10.0 Å².